The highest BCUT2D eigenvalue weighted by molar-refractivity contribution is 5.85. The fraction of sp³-hybridized carbons (Fsp3) is 0.167. The minimum atomic E-state index is -5.08. The minimum absolute atomic E-state index is 0. The Labute approximate surface area is 197 Å². The largest absolute Gasteiger partial charge is 0.490 e. The molecule has 5 rings (SSSR count). The van der Waals surface area contributed by atoms with Crippen molar-refractivity contribution < 1.29 is 27.5 Å². The summed E-state index contributed by atoms with van der Waals surface area (Å²) in [5.41, 5.74) is 12.0. The molecule has 0 spiro atoms. The Hall–Kier alpha value is -4.59. The van der Waals surface area contributed by atoms with Crippen LogP contribution in [0.4, 0.5) is 19.0 Å². The predicted molar refractivity (Wildman–Crippen MR) is 121 cm³/mol. The molecule has 0 saturated carbocycles. The predicted octanol–water partition coefficient (Wildman–Crippen LogP) is 5.14. The number of hydrogen-bond acceptors (Lipinski definition) is 6. The summed E-state index contributed by atoms with van der Waals surface area (Å²) in [5, 5.41) is 24.2. The molecule has 35 heavy (non-hydrogen) atoms. The first kappa shape index (κ1) is 25.0. The molecule has 0 fully saturated rings. The van der Waals surface area contributed by atoms with Gasteiger partial charge in [0.15, 0.2) is 0 Å². The average Bonchev–Trinajstić information content (AvgIpc) is 3.50. The summed E-state index contributed by atoms with van der Waals surface area (Å²) >= 11 is 0. The van der Waals surface area contributed by atoms with E-state index in [2.05, 4.69) is 33.4 Å². The summed E-state index contributed by atoms with van der Waals surface area (Å²) < 4.78 is 37.4. The van der Waals surface area contributed by atoms with E-state index in [1.807, 2.05) is 30.3 Å². The number of carboxylic acid groups (broad SMARTS) is 1. The Bertz CT molecular complexity index is 1370. The lowest BCUT2D eigenvalue weighted by molar-refractivity contribution is -0.192. The fourth-order valence-corrected chi connectivity index (χ4v) is 3.90. The molecule has 0 saturated heterocycles. The van der Waals surface area contributed by atoms with Crippen molar-refractivity contribution in [2.75, 3.05) is 5.73 Å². The molecule has 180 valence electrons. The first-order valence-electron chi connectivity index (χ1n) is 9.87. The number of nitrogens with two attached hydrogens (primary N) is 1. The number of nitrogens with one attached hydrogen (secondary N) is 1. The third-order valence-electron chi connectivity index (χ3n) is 5.32. The summed E-state index contributed by atoms with van der Waals surface area (Å²) in [6.07, 6.45) is -0.987. The summed E-state index contributed by atoms with van der Waals surface area (Å²) in [7, 11) is 0. The number of aromatic amines is 1. The number of anilines is 1. The van der Waals surface area contributed by atoms with E-state index in [1.54, 1.807) is 12.5 Å². The van der Waals surface area contributed by atoms with Crippen LogP contribution >= 0.6 is 0 Å². The van der Waals surface area contributed by atoms with Crippen LogP contribution in [0, 0.1) is 11.3 Å². The first-order valence-corrected chi connectivity index (χ1v) is 9.87. The van der Waals surface area contributed by atoms with Gasteiger partial charge in [-0.3, -0.25) is 5.10 Å². The van der Waals surface area contributed by atoms with Crippen molar-refractivity contribution in [3.8, 4) is 28.7 Å². The van der Waals surface area contributed by atoms with E-state index in [0.717, 1.165) is 34.5 Å². The molecule has 1 aliphatic rings. The molecular formula is C24H20F3N5O3. The molecular weight excluding hydrogens is 463 g/mol. The van der Waals surface area contributed by atoms with E-state index < -0.39 is 12.1 Å². The molecule has 1 atom stereocenters. The van der Waals surface area contributed by atoms with Crippen molar-refractivity contribution >= 4 is 11.8 Å². The Morgan fingerprint density at radius 2 is 1.91 bits per heavy atom. The number of fused-ring (bicyclic) bond motifs is 3. The Morgan fingerprint density at radius 3 is 2.49 bits per heavy atom. The van der Waals surface area contributed by atoms with Gasteiger partial charge in [0.05, 0.1) is 18.2 Å². The zero-order chi connectivity index (χ0) is 24.5. The Kier molecular flexibility index (Phi) is 6.96. The molecule has 1 unspecified atom stereocenters. The summed E-state index contributed by atoms with van der Waals surface area (Å²) in [5.74, 6) is -1.93. The van der Waals surface area contributed by atoms with Crippen LogP contribution < -0.4 is 5.73 Å². The Balaban J connectivity index is 0.000000378. The number of furan rings is 1. The van der Waals surface area contributed by atoms with Crippen LogP contribution in [-0.4, -0.2) is 32.4 Å². The van der Waals surface area contributed by atoms with Gasteiger partial charge in [0.25, 0.3) is 0 Å². The van der Waals surface area contributed by atoms with E-state index in [0.29, 0.717) is 16.9 Å². The average molecular weight is 483 g/mol. The van der Waals surface area contributed by atoms with Gasteiger partial charge in [-0.25, -0.2) is 9.78 Å². The zero-order valence-electron chi connectivity index (χ0n) is 17.3. The van der Waals surface area contributed by atoms with Gasteiger partial charge in [-0.1, -0.05) is 37.8 Å². The van der Waals surface area contributed by atoms with Gasteiger partial charge in [0, 0.05) is 29.2 Å². The number of pyridine rings is 1. The molecule has 4 aromatic rings. The van der Waals surface area contributed by atoms with E-state index in [-0.39, 0.29) is 19.2 Å². The maximum absolute atomic E-state index is 10.6. The van der Waals surface area contributed by atoms with Crippen LogP contribution in [0.15, 0.2) is 59.3 Å². The van der Waals surface area contributed by atoms with Crippen LogP contribution in [0.2, 0.25) is 0 Å². The summed E-state index contributed by atoms with van der Waals surface area (Å²) in [6, 6.07) is 16.1. The van der Waals surface area contributed by atoms with E-state index >= 15 is 0 Å². The maximum Gasteiger partial charge on any atom is 0.490 e. The van der Waals surface area contributed by atoms with Crippen molar-refractivity contribution in [1.82, 2.24) is 15.2 Å². The lowest BCUT2D eigenvalue weighted by Gasteiger charge is -2.28. The third kappa shape index (κ3) is 4.72. The number of alkyl halides is 3. The van der Waals surface area contributed by atoms with Crippen molar-refractivity contribution in [3.05, 3.63) is 77.3 Å². The van der Waals surface area contributed by atoms with Crippen LogP contribution in [0.3, 0.4) is 0 Å². The highest BCUT2D eigenvalue weighted by Crippen LogP contribution is 2.47. The topological polar surface area (TPSA) is 142 Å². The number of rotatable bonds is 2. The number of carboxylic acids is 1. The zero-order valence-corrected chi connectivity index (χ0v) is 17.3. The fourth-order valence-electron chi connectivity index (χ4n) is 3.90. The third-order valence-corrected chi connectivity index (χ3v) is 5.32. The molecule has 4 N–H and O–H groups in total. The molecule has 3 aromatic heterocycles. The highest BCUT2D eigenvalue weighted by atomic mass is 19.4. The van der Waals surface area contributed by atoms with Crippen LogP contribution in [0.1, 0.15) is 35.7 Å². The number of benzene rings is 1. The number of nitrogens with zero attached hydrogens (tertiary/aromatic N) is 3. The lowest BCUT2D eigenvalue weighted by Crippen LogP contribution is -2.21. The number of hydrogen-bond donors (Lipinski definition) is 3. The second-order valence-electron chi connectivity index (χ2n) is 7.33. The maximum atomic E-state index is 10.6. The highest BCUT2D eigenvalue weighted by Gasteiger charge is 2.38. The number of nitriles is 1. The second kappa shape index (κ2) is 9.72. The number of nitrogen functional groups attached to an aromatic ring is 1. The second-order valence-corrected chi connectivity index (χ2v) is 7.33. The number of H-pyrrole nitrogens is 1. The molecule has 1 aliphatic carbocycles. The van der Waals surface area contributed by atoms with Crippen LogP contribution in [0.5, 0.6) is 0 Å². The normalized spacial score (nSPS) is 13.8. The smallest absolute Gasteiger partial charge is 0.475 e. The van der Waals surface area contributed by atoms with Crippen molar-refractivity contribution in [3.63, 3.8) is 0 Å². The first-order chi connectivity index (χ1) is 16.2. The minimum Gasteiger partial charge on any atom is -0.475 e. The van der Waals surface area contributed by atoms with E-state index in [4.69, 9.17) is 20.1 Å². The molecule has 1 aromatic carbocycles. The van der Waals surface area contributed by atoms with Gasteiger partial charge >= 0.3 is 12.1 Å². The Morgan fingerprint density at radius 1 is 1.23 bits per heavy atom. The van der Waals surface area contributed by atoms with E-state index in [1.165, 1.54) is 0 Å². The van der Waals surface area contributed by atoms with Crippen molar-refractivity contribution in [2.45, 2.75) is 25.9 Å². The molecule has 0 aliphatic heterocycles. The monoisotopic (exact) mass is 483 g/mol. The molecule has 8 nitrogen and oxygen atoms in total. The summed E-state index contributed by atoms with van der Waals surface area (Å²) in [4.78, 5) is 13.5. The van der Waals surface area contributed by atoms with Gasteiger partial charge in [-0.2, -0.15) is 23.5 Å². The summed E-state index contributed by atoms with van der Waals surface area (Å²) in [6.45, 7) is 0. The molecule has 0 amide bonds. The van der Waals surface area contributed by atoms with Gasteiger partial charge in [-0.15, -0.1) is 0 Å². The molecule has 0 bridgehead atoms. The lowest BCUT2D eigenvalue weighted by atomic mass is 9.77. The number of halogens is 3. The van der Waals surface area contributed by atoms with Gasteiger partial charge < -0.3 is 15.3 Å². The number of carbonyl (C=O) groups is 1. The van der Waals surface area contributed by atoms with Crippen molar-refractivity contribution in [1.29, 1.82) is 5.26 Å². The quantitative estimate of drug-likeness (QED) is 0.358. The number of aromatic nitrogens is 3. The van der Waals surface area contributed by atoms with Gasteiger partial charge in [0.2, 0.25) is 0 Å². The van der Waals surface area contributed by atoms with E-state index in [9.17, 15) is 18.4 Å². The van der Waals surface area contributed by atoms with Gasteiger partial charge in [-0.05, 0) is 23.3 Å². The SMILES string of the molecule is C.N#Cc1c(N)nc2c(c1-c1ccco1)C(c1ccccc1)Cc1[nH]ncc1-2.O=C(O)C(F)(F)F. The number of aliphatic carboxylic acids is 1. The molecule has 0 radical (unpaired) electrons. The standard InChI is InChI=1S/C21H15N5O.C2HF3O2.CH4/c22-10-14-18(17-7-4-8-27-17)19-13(12-5-2-1-3-6-12)9-16-15(11-24-26-16)20(19)25-21(14)23;3-2(4,5)1(6)7;/h1-8,11,13H,9H2,(H2,23,25)(H,24,26);(H,6,7);1H4. The van der Waals surface area contributed by atoms with Crippen molar-refractivity contribution in [2.24, 2.45) is 0 Å². The van der Waals surface area contributed by atoms with Crippen LogP contribution in [-0.2, 0) is 11.2 Å². The molecule has 11 heteroatoms. The molecule has 3 heterocycles. The van der Waals surface area contributed by atoms with Gasteiger partial charge in [0.1, 0.15) is 23.2 Å². The van der Waals surface area contributed by atoms with Crippen LogP contribution in [0.25, 0.3) is 22.6 Å².